The highest BCUT2D eigenvalue weighted by Gasteiger charge is 2.42. The number of rotatable bonds is 33. The molecule has 4 aliphatic rings. The number of aliphatic hydroxyl groups excluding tert-OH is 2. The van der Waals surface area contributed by atoms with E-state index in [0.29, 0.717) is 68.3 Å². The minimum atomic E-state index is -0.907. The summed E-state index contributed by atoms with van der Waals surface area (Å²) in [5.74, 6) is -1.40. The summed E-state index contributed by atoms with van der Waals surface area (Å²) in [4.78, 5) is 76.4. The van der Waals surface area contributed by atoms with Crippen molar-refractivity contribution in [2.75, 3.05) is 13.1 Å². The van der Waals surface area contributed by atoms with Gasteiger partial charge in [0.05, 0.1) is 6.04 Å². The minimum Gasteiger partial charge on any atom is -0.453 e. The third kappa shape index (κ3) is 30.6. The molecule has 0 saturated heterocycles. The van der Waals surface area contributed by atoms with Gasteiger partial charge in [0.25, 0.3) is 0 Å². The van der Waals surface area contributed by atoms with E-state index >= 15 is 0 Å². The fourth-order valence-corrected chi connectivity index (χ4v) is 13.6. The van der Waals surface area contributed by atoms with Crippen LogP contribution in [0.4, 0.5) is 0 Å². The van der Waals surface area contributed by atoms with Crippen molar-refractivity contribution >= 4 is 34.9 Å². The Morgan fingerprint density at radius 1 is 0.396 bits per heavy atom. The number of carbonyl (C=O) groups is 6. The molecule has 0 aromatic carbocycles. The van der Waals surface area contributed by atoms with E-state index in [2.05, 4.69) is 112 Å². The summed E-state index contributed by atoms with van der Waals surface area (Å²) in [6.45, 7) is 41.4. The summed E-state index contributed by atoms with van der Waals surface area (Å²) < 4.78 is 5.61. The van der Waals surface area contributed by atoms with Crippen molar-refractivity contribution in [1.29, 1.82) is 0 Å². The first-order valence-electron chi connectivity index (χ1n) is 37.8. The van der Waals surface area contributed by atoms with Gasteiger partial charge in [0.15, 0.2) is 29.2 Å². The van der Waals surface area contributed by atoms with Crippen LogP contribution in [-0.4, -0.2) is 88.6 Å². The summed E-state index contributed by atoms with van der Waals surface area (Å²) in [5.41, 5.74) is 37.4. The predicted octanol–water partition coefficient (Wildman–Crippen LogP) is 18.5. The van der Waals surface area contributed by atoms with Gasteiger partial charge in [-0.05, 0) is 207 Å². The number of carbonyl (C=O) groups excluding carboxylic acids is 6. The highest BCUT2D eigenvalue weighted by Crippen LogP contribution is 2.45. The van der Waals surface area contributed by atoms with Crippen molar-refractivity contribution in [2.24, 2.45) is 50.5 Å². The van der Waals surface area contributed by atoms with Crippen LogP contribution in [0.15, 0.2) is 259 Å². The molecule has 576 valence electrons. The van der Waals surface area contributed by atoms with Crippen molar-refractivity contribution < 1.29 is 43.7 Å². The van der Waals surface area contributed by atoms with E-state index in [9.17, 15) is 39.0 Å². The second-order valence-corrected chi connectivity index (χ2v) is 31.9. The molecule has 0 aromatic heterocycles. The van der Waals surface area contributed by atoms with Crippen molar-refractivity contribution in [3.05, 3.63) is 259 Å². The molecule has 0 bridgehead atoms. The van der Waals surface area contributed by atoms with Gasteiger partial charge >= 0.3 is 5.97 Å². The molecule has 106 heavy (non-hydrogen) atoms. The number of allylic oxidation sites excluding steroid dienone is 41. The second-order valence-electron chi connectivity index (χ2n) is 31.9. The Morgan fingerprint density at radius 3 is 1.00 bits per heavy atom. The smallest absolute Gasteiger partial charge is 0.323 e. The van der Waals surface area contributed by atoms with Gasteiger partial charge in [0, 0.05) is 18.8 Å². The maximum Gasteiger partial charge on any atom is 0.323 e. The highest BCUT2D eigenvalue weighted by atomic mass is 16.5. The van der Waals surface area contributed by atoms with E-state index < -0.39 is 36.4 Å². The van der Waals surface area contributed by atoms with E-state index in [1.165, 1.54) is 0 Å². The van der Waals surface area contributed by atoms with E-state index in [-0.39, 0.29) is 62.9 Å². The van der Waals surface area contributed by atoms with E-state index in [4.69, 9.17) is 27.7 Å². The van der Waals surface area contributed by atoms with Crippen LogP contribution in [0.5, 0.6) is 0 Å². The van der Waals surface area contributed by atoms with Crippen LogP contribution in [-0.2, 0) is 33.5 Å². The number of hydrogen-bond acceptors (Lipinski definition) is 13. The molecule has 0 amide bonds. The summed E-state index contributed by atoms with van der Waals surface area (Å²) in [6.07, 6.45) is 60.6. The summed E-state index contributed by atoms with van der Waals surface area (Å²) in [6, 6.07) is -1.30. The summed E-state index contributed by atoms with van der Waals surface area (Å²) in [7, 11) is 0. The predicted molar refractivity (Wildman–Crippen MR) is 443 cm³/mol. The van der Waals surface area contributed by atoms with E-state index in [1.807, 2.05) is 176 Å². The van der Waals surface area contributed by atoms with Gasteiger partial charge < -0.3 is 37.9 Å². The molecule has 0 aliphatic heterocycles. The average Bonchev–Trinajstić information content (AvgIpc) is 0.804. The Morgan fingerprint density at radius 2 is 0.670 bits per heavy atom. The minimum absolute atomic E-state index is 0.0394. The number of hydrogen-bond donors (Lipinski definition) is 6. The van der Waals surface area contributed by atoms with Gasteiger partial charge in [-0.2, -0.15) is 0 Å². The van der Waals surface area contributed by atoms with Gasteiger partial charge in [-0.3, -0.25) is 28.8 Å². The lowest BCUT2D eigenvalue weighted by atomic mass is 9.66. The van der Waals surface area contributed by atoms with Gasteiger partial charge in [0.1, 0.15) is 24.0 Å². The number of esters is 1. The van der Waals surface area contributed by atoms with Crippen molar-refractivity contribution in [2.45, 2.75) is 239 Å². The first-order valence-corrected chi connectivity index (χ1v) is 37.8. The van der Waals surface area contributed by atoms with E-state index in [1.54, 1.807) is 20.8 Å². The number of Topliss-reactive ketones (excluding diaryl/α,β-unsaturated/α-hetero) is 5. The molecule has 0 heterocycles. The van der Waals surface area contributed by atoms with Crippen molar-refractivity contribution in [3.63, 3.8) is 0 Å². The maximum absolute atomic E-state index is 13.3. The molecule has 6 atom stereocenters. The fraction of sp³-hybridized carbons (Fsp3) is 0.462. The summed E-state index contributed by atoms with van der Waals surface area (Å²) in [5, 5.41) is 20.0. The lowest BCUT2D eigenvalue weighted by Gasteiger charge is -2.37. The Labute approximate surface area is 637 Å². The number of ketones is 5. The normalized spacial score (nSPS) is 22.9. The standard InChI is InChI=1S/C53H78N4O5.C40H52O4/c1-36(21-17-23-38(3)27-29-43-40(5)49(59)42(34-52(43,7)8)33-47(58)45(56)25-13-15-31-54)19-11-12-20-37(2)22-18-24-39(4)28-30-44-41(6)50(60)48(35-53(44,9)10)62-51(61)46(57)26-14-16-32-55;1-27(17-13-19-29(3)21-23-33-31(5)37(43)35(41)25-39(33,7)8)15-11-12-16-28(2)18-14-20-30(4)22-24-34-32(6)38(44)36(42)26-40(34,9)10/h11-12,17-24,27-30,42,45-46,48H,13-16,25-26,31-35,54-57H2,1-10H3;11-24,35-36,41-42H,25-26H2,1-10H3/b12-11+,21-17+,22-18+,29-27+,30-28+,36-19+,37-20+,38-23+,39-24+;12-11+,17-13+,18-14+,23-21+,24-22+,27-15+,28-16+,29-19+,30-20+. The molecular weight excluding hydrogens is 1320 g/mol. The second kappa shape index (κ2) is 44.2. The Hall–Kier alpha value is -8.14. The van der Waals surface area contributed by atoms with Gasteiger partial charge in [0.2, 0.25) is 0 Å². The molecule has 0 spiro atoms. The van der Waals surface area contributed by atoms with Crippen molar-refractivity contribution in [1.82, 2.24) is 0 Å². The van der Waals surface area contributed by atoms with E-state index in [0.717, 1.165) is 98.1 Å². The Bertz CT molecular complexity index is 3640. The van der Waals surface area contributed by atoms with Crippen LogP contribution in [0.3, 0.4) is 0 Å². The fourth-order valence-electron chi connectivity index (χ4n) is 13.6. The third-order valence-corrected chi connectivity index (χ3v) is 20.1. The Balaban J connectivity index is 0.000000583. The highest BCUT2D eigenvalue weighted by molar-refractivity contribution is 6.03. The molecule has 4 rings (SSSR count). The maximum atomic E-state index is 13.3. The molecule has 4 aliphatic carbocycles. The zero-order valence-corrected chi connectivity index (χ0v) is 67.9. The largest absolute Gasteiger partial charge is 0.453 e. The molecular formula is C93H130N4O9. The number of unbranched alkanes of at least 4 members (excludes halogenated alkanes) is 2. The molecule has 0 radical (unpaired) electrons. The quantitative estimate of drug-likeness (QED) is 0.0203. The van der Waals surface area contributed by atoms with Crippen LogP contribution in [0.1, 0.15) is 209 Å². The van der Waals surface area contributed by atoms with Gasteiger partial charge in [-0.25, -0.2) is 0 Å². The summed E-state index contributed by atoms with van der Waals surface area (Å²) >= 11 is 0. The number of ether oxygens (including phenoxy) is 1. The molecule has 13 nitrogen and oxygen atoms in total. The van der Waals surface area contributed by atoms with Gasteiger partial charge in [-0.1, -0.05) is 283 Å². The lowest BCUT2D eigenvalue weighted by molar-refractivity contribution is -0.157. The molecule has 10 N–H and O–H groups in total. The molecule has 6 unspecified atom stereocenters. The molecule has 0 aromatic rings. The molecule has 0 saturated carbocycles. The van der Waals surface area contributed by atoms with Crippen LogP contribution < -0.4 is 22.9 Å². The van der Waals surface area contributed by atoms with Crippen LogP contribution in [0, 0.1) is 27.6 Å². The SMILES string of the molecule is CC1=C(/C=C/C(C)=C/C=C/C(C)=C/C=C/C=C(C)/C=C/C=C(C)/C=C/C2=C(C)C(=O)C(O)CC2(C)C)C(C)(C)CC(O)C1=O.CC1=C(/C=C/C(C)=C/C=C/C(C)=C/C=C/C=C(C)/C=C/C=C(C)/C=C/C2=C(C)C(=O)C(OC(=O)C(N)CCCCN)CC2(C)C)C(C)(C)CC(CC(=O)C(N)CCCCN)C1=O. The first-order chi connectivity index (χ1) is 49.6. The molecule has 13 heteroatoms. The van der Waals surface area contributed by atoms with Crippen LogP contribution in [0.2, 0.25) is 0 Å². The third-order valence-electron chi connectivity index (χ3n) is 20.1. The Kier molecular flexibility index (Phi) is 38.4. The van der Waals surface area contributed by atoms with Gasteiger partial charge in [-0.15, -0.1) is 0 Å². The number of nitrogens with two attached hydrogens (primary N) is 4. The lowest BCUT2D eigenvalue weighted by Crippen LogP contribution is -2.42. The average molecular weight is 1450 g/mol. The zero-order chi connectivity index (χ0) is 79.9. The monoisotopic (exact) mass is 1450 g/mol. The van der Waals surface area contributed by atoms with Crippen LogP contribution >= 0.6 is 0 Å². The molecule has 0 fully saturated rings. The zero-order valence-electron chi connectivity index (χ0n) is 67.9. The first kappa shape index (κ1) is 92.1. The van der Waals surface area contributed by atoms with Crippen molar-refractivity contribution in [3.8, 4) is 0 Å². The topological polar surface area (TPSA) is 256 Å². The number of aliphatic hydroxyl groups is 2. The van der Waals surface area contributed by atoms with Crippen LogP contribution in [0.25, 0.3) is 0 Å².